The summed E-state index contributed by atoms with van der Waals surface area (Å²) in [6.07, 6.45) is -2.21. The Morgan fingerprint density at radius 2 is 1.07 bits per heavy atom. The lowest BCUT2D eigenvalue weighted by molar-refractivity contribution is -0.145. The second-order valence-corrected chi connectivity index (χ2v) is 22.9. The van der Waals surface area contributed by atoms with Crippen molar-refractivity contribution >= 4 is 65.1 Å². The summed E-state index contributed by atoms with van der Waals surface area (Å²) in [5, 5.41) is 81.2. The highest BCUT2D eigenvalue weighted by Gasteiger charge is 2.42. The predicted octanol–water partition coefficient (Wildman–Crippen LogP) is -3.97. The number of nitrogens with zero attached hydrogens (tertiary/aromatic N) is 3. The highest BCUT2D eigenvalue weighted by molar-refractivity contribution is 5.99. The largest absolute Gasteiger partial charge is 0.508 e. The number of carbonyl (C=O) groups is 10. The van der Waals surface area contributed by atoms with Crippen LogP contribution in [0.25, 0.3) is 0 Å². The molecule has 31 heteroatoms. The van der Waals surface area contributed by atoms with Crippen LogP contribution in [-0.2, 0) is 67.2 Å². The van der Waals surface area contributed by atoms with Gasteiger partial charge in [-0.3, -0.25) is 48.1 Å². The number of imidazole rings is 1. The number of aliphatic carboxylic acids is 1. The Labute approximate surface area is 514 Å². The first-order valence-corrected chi connectivity index (χ1v) is 29.2. The van der Waals surface area contributed by atoms with Gasteiger partial charge in [-0.1, -0.05) is 52.0 Å². The topological polar surface area (TPSA) is 511 Å². The van der Waals surface area contributed by atoms with Gasteiger partial charge < -0.3 is 100 Å². The molecule has 9 amide bonds. The molecule has 0 bridgehead atoms. The Morgan fingerprint density at radius 1 is 0.607 bits per heavy atom. The van der Waals surface area contributed by atoms with E-state index in [2.05, 4.69) is 57.5 Å². The van der Waals surface area contributed by atoms with E-state index >= 15 is 0 Å². The van der Waals surface area contributed by atoms with Gasteiger partial charge in [0.05, 0.1) is 30.7 Å². The monoisotopic (exact) mass is 1250 g/mol. The second-order valence-electron chi connectivity index (χ2n) is 22.9. The number of aromatic hydroxyl groups is 2. The molecule has 2 heterocycles. The highest BCUT2D eigenvalue weighted by Crippen LogP contribution is 2.22. The number of amides is 9. The lowest BCUT2D eigenvalue weighted by Crippen LogP contribution is -2.63. The van der Waals surface area contributed by atoms with Crippen molar-refractivity contribution in [3.63, 3.8) is 0 Å². The minimum absolute atomic E-state index is 0.0158. The lowest BCUT2D eigenvalue weighted by Gasteiger charge is -2.32. The molecule has 490 valence electrons. The van der Waals surface area contributed by atoms with Gasteiger partial charge in [0.15, 0.2) is 12.0 Å². The van der Waals surface area contributed by atoms with Crippen LogP contribution < -0.4 is 59.7 Å². The van der Waals surface area contributed by atoms with Crippen molar-refractivity contribution in [2.75, 3.05) is 13.1 Å². The third kappa shape index (κ3) is 22.9. The fraction of sp³-hybridized carbons (Fsp3) is 0.552. The lowest BCUT2D eigenvalue weighted by atomic mass is 9.99. The van der Waals surface area contributed by atoms with Gasteiger partial charge in [0.25, 0.3) is 0 Å². The second kappa shape index (κ2) is 34.6. The van der Waals surface area contributed by atoms with E-state index in [0.29, 0.717) is 16.8 Å². The van der Waals surface area contributed by atoms with Crippen molar-refractivity contribution in [1.82, 2.24) is 57.4 Å². The van der Waals surface area contributed by atoms with Crippen molar-refractivity contribution in [3.8, 4) is 11.5 Å². The van der Waals surface area contributed by atoms with Gasteiger partial charge in [0.2, 0.25) is 53.2 Å². The summed E-state index contributed by atoms with van der Waals surface area (Å²) in [6, 6.07) is -3.66. The summed E-state index contributed by atoms with van der Waals surface area (Å²) in [5.74, 6) is -11.0. The van der Waals surface area contributed by atoms with E-state index in [1.165, 1.54) is 79.8 Å². The highest BCUT2D eigenvalue weighted by atomic mass is 16.4. The maximum atomic E-state index is 15.0. The molecule has 0 saturated carbocycles. The Balaban J connectivity index is 1.63. The van der Waals surface area contributed by atoms with Gasteiger partial charge in [-0.25, -0.2) is 9.78 Å². The summed E-state index contributed by atoms with van der Waals surface area (Å²) in [6.45, 7) is 10.3. The summed E-state index contributed by atoms with van der Waals surface area (Å²) >= 11 is 0. The molecule has 21 N–H and O–H groups in total. The normalized spacial score (nSPS) is 17.1. The van der Waals surface area contributed by atoms with E-state index in [1.807, 2.05) is 13.8 Å². The Bertz CT molecular complexity index is 2900. The number of likely N-dealkylation sites (tertiary alicyclic amines) is 1. The van der Waals surface area contributed by atoms with Crippen LogP contribution in [0.1, 0.15) is 97.4 Å². The van der Waals surface area contributed by atoms with Gasteiger partial charge in [0.1, 0.15) is 59.8 Å². The number of H-pyrrole nitrogens is 1. The van der Waals surface area contributed by atoms with Gasteiger partial charge in [-0.05, 0) is 100 Å². The number of benzene rings is 2. The molecule has 1 aliphatic rings. The first kappa shape index (κ1) is 72.5. The molecule has 0 radical (unpaired) electrons. The van der Waals surface area contributed by atoms with E-state index in [4.69, 9.17) is 17.2 Å². The van der Waals surface area contributed by atoms with E-state index in [1.54, 1.807) is 13.8 Å². The molecular weight excluding hydrogens is 1160 g/mol. The quantitative estimate of drug-likeness (QED) is 0.0154. The Kier molecular flexibility index (Phi) is 28.2. The molecule has 31 nitrogen and oxygen atoms in total. The molecule has 1 aromatic heterocycles. The molecule has 1 saturated heterocycles. The number of hydrogen-bond donors (Lipinski definition) is 18. The number of hydrogen-bond acceptors (Lipinski definition) is 18. The van der Waals surface area contributed by atoms with E-state index in [9.17, 15) is 78.6 Å². The van der Waals surface area contributed by atoms with E-state index < -0.39 is 144 Å². The minimum atomic E-state index is -1.79. The van der Waals surface area contributed by atoms with Gasteiger partial charge in [0, 0.05) is 44.2 Å². The number of nitrogens with two attached hydrogens (primary N) is 3. The van der Waals surface area contributed by atoms with Crippen LogP contribution in [0.5, 0.6) is 11.5 Å². The van der Waals surface area contributed by atoms with Crippen molar-refractivity contribution in [1.29, 1.82) is 0 Å². The first-order chi connectivity index (χ1) is 41.9. The fourth-order valence-corrected chi connectivity index (χ4v) is 9.67. The molecule has 13 atom stereocenters. The number of aromatic nitrogens is 2. The minimum Gasteiger partial charge on any atom is -0.508 e. The summed E-state index contributed by atoms with van der Waals surface area (Å²) in [4.78, 5) is 151. The number of phenols is 2. The number of nitrogens with one attached hydrogen (secondary N) is 9. The number of carbonyl (C=O) groups excluding carboxylic acids is 9. The zero-order valence-corrected chi connectivity index (χ0v) is 50.8. The van der Waals surface area contributed by atoms with Crippen LogP contribution in [0.4, 0.5) is 0 Å². The van der Waals surface area contributed by atoms with Crippen LogP contribution in [0.2, 0.25) is 0 Å². The van der Waals surface area contributed by atoms with Crippen LogP contribution >= 0.6 is 0 Å². The third-order valence-electron chi connectivity index (χ3n) is 14.5. The third-order valence-corrected chi connectivity index (χ3v) is 14.5. The standard InChI is InChI=1S/C58H87N15O16/c1-28(2)22-38(59)48(79)70-45(30(5)74)55(86)71-46(31(6)75)54(85)69-44(29(3)4)53(84)68-42(24-34-14-18-37(78)19-15-34)56(87)73-21-9-11-43(73)52(83)67-41(25-35-26-62-27-64-35)50(81)65-39(10-8-20-63-58(60)61)49(80)66-40(23-33-12-16-36(77)17-13-33)51(82)72-47(32(7)76)57(88)89/h12-19,26-32,38-47,74-78H,8-11,20-25,59H2,1-7H3,(H,62,64)(H,65,81)(H,66,80)(H,67,83)(H,68,84)(H,69,85)(H,70,79)(H,71,86)(H,72,82)(H,88,89)(H4,60,61,63)/t30-,31-,32-,38+,39+,40+,41+,42+,43+,44+,45+,46+,47+/m1/s1. The number of phenolic OH excluding ortho intramolecular Hbond substituents is 2. The molecule has 89 heavy (non-hydrogen) atoms. The molecule has 0 aliphatic carbocycles. The number of aliphatic hydroxyl groups excluding tert-OH is 3. The zero-order valence-electron chi connectivity index (χ0n) is 50.8. The van der Waals surface area contributed by atoms with Crippen molar-refractivity contribution in [2.24, 2.45) is 34.0 Å². The number of carboxylic acid groups (broad SMARTS) is 1. The van der Waals surface area contributed by atoms with Gasteiger partial charge >= 0.3 is 5.97 Å². The van der Waals surface area contributed by atoms with Crippen LogP contribution in [0.15, 0.2) is 66.0 Å². The molecule has 1 aliphatic heterocycles. The van der Waals surface area contributed by atoms with Crippen LogP contribution in [0.3, 0.4) is 0 Å². The number of aromatic amines is 1. The van der Waals surface area contributed by atoms with E-state index in [0.717, 1.165) is 6.92 Å². The smallest absolute Gasteiger partial charge is 0.328 e. The van der Waals surface area contributed by atoms with Crippen molar-refractivity contribution in [3.05, 3.63) is 77.9 Å². The van der Waals surface area contributed by atoms with Crippen molar-refractivity contribution < 1.29 is 78.6 Å². The molecule has 3 aromatic rings. The van der Waals surface area contributed by atoms with Crippen LogP contribution in [0, 0.1) is 11.8 Å². The molecule has 1 fully saturated rings. The number of aliphatic imine (C=N–C) groups is 1. The number of carboxylic acids is 1. The molecule has 0 unspecified atom stereocenters. The number of rotatable bonds is 34. The summed E-state index contributed by atoms with van der Waals surface area (Å²) in [7, 11) is 0. The Hall–Kier alpha value is -8.94. The van der Waals surface area contributed by atoms with E-state index in [-0.39, 0.29) is 87.8 Å². The predicted molar refractivity (Wildman–Crippen MR) is 321 cm³/mol. The summed E-state index contributed by atoms with van der Waals surface area (Å²) < 4.78 is 0. The first-order valence-electron chi connectivity index (χ1n) is 29.2. The maximum absolute atomic E-state index is 15.0. The van der Waals surface area contributed by atoms with Gasteiger partial charge in [-0.2, -0.15) is 0 Å². The average Bonchev–Trinajstić information content (AvgIpc) is 2.26. The average molecular weight is 1250 g/mol. The SMILES string of the molecule is CC(C)C[C@H](N)C(=O)N[C@H](C(=O)N[C@H](C(=O)N[C@H](C(=O)N[C@@H](Cc1ccc(O)cc1)C(=O)N1CCC[C@H]1C(=O)N[C@@H](Cc1cnc[nH]1)C(=O)N[C@@H](CCCN=C(N)N)C(=O)N[C@@H](Cc1ccc(O)cc1)C(=O)N[C@H](C(=O)O)[C@@H](C)O)C(C)C)[C@@H](C)O)[C@@H](C)O. The van der Waals surface area contributed by atoms with Crippen LogP contribution in [-0.4, -0.2) is 202 Å². The fourth-order valence-electron chi connectivity index (χ4n) is 9.67. The van der Waals surface area contributed by atoms with Gasteiger partial charge in [-0.15, -0.1) is 0 Å². The summed E-state index contributed by atoms with van der Waals surface area (Å²) in [5.41, 5.74) is 18.3. The molecule has 2 aromatic carbocycles. The molecular formula is C58H87N15O16. The van der Waals surface area contributed by atoms with Crippen molar-refractivity contribution in [2.45, 2.75) is 179 Å². The zero-order chi connectivity index (χ0) is 66.4. The Morgan fingerprint density at radius 3 is 1.56 bits per heavy atom. The number of aliphatic hydroxyl groups is 3. The maximum Gasteiger partial charge on any atom is 0.328 e. The molecule has 4 rings (SSSR count). The molecule has 0 spiro atoms. The number of guanidine groups is 1.